The number of aliphatic hydroxyl groups excluding tert-OH is 2. The van der Waals surface area contributed by atoms with E-state index in [2.05, 4.69) is 0 Å². The minimum absolute atomic E-state index is 0.364. The van der Waals surface area contributed by atoms with Crippen LogP contribution in [-0.4, -0.2) is 29.2 Å². The van der Waals surface area contributed by atoms with Crippen molar-refractivity contribution in [1.82, 2.24) is 0 Å². The van der Waals surface area contributed by atoms with Gasteiger partial charge >= 0.3 is 0 Å². The van der Waals surface area contributed by atoms with E-state index in [1.165, 1.54) is 0 Å². The van der Waals surface area contributed by atoms with Gasteiger partial charge in [-0.1, -0.05) is 6.92 Å². The first kappa shape index (κ1) is 6.99. The summed E-state index contributed by atoms with van der Waals surface area (Å²) in [5, 5.41) is 17.8. The molecule has 3 nitrogen and oxygen atoms in total. The highest BCUT2D eigenvalue weighted by Gasteiger charge is 2.25. The fraction of sp³-hybridized carbons (Fsp3) is 1.00. The first-order valence-electron chi connectivity index (χ1n) is 3.18. The third-order valence-electron chi connectivity index (χ3n) is 1.52. The fourth-order valence-electron chi connectivity index (χ4n) is 0.971. The molecule has 0 aromatic carbocycles. The van der Waals surface area contributed by atoms with Gasteiger partial charge in [-0.15, -0.1) is 0 Å². The molecular formula is C6H12O3. The van der Waals surface area contributed by atoms with Gasteiger partial charge in [-0.3, -0.25) is 0 Å². The van der Waals surface area contributed by atoms with Crippen molar-refractivity contribution in [2.24, 2.45) is 5.92 Å². The first-order valence-corrected chi connectivity index (χ1v) is 3.18. The summed E-state index contributed by atoms with van der Waals surface area (Å²) in [7, 11) is 0. The molecule has 0 spiro atoms. The molecule has 1 aliphatic heterocycles. The summed E-state index contributed by atoms with van der Waals surface area (Å²) in [6.45, 7) is 2.54. The van der Waals surface area contributed by atoms with E-state index in [-0.39, 0.29) is 0 Å². The molecule has 9 heavy (non-hydrogen) atoms. The van der Waals surface area contributed by atoms with E-state index >= 15 is 0 Å². The molecule has 2 N–H and O–H groups in total. The van der Waals surface area contributed by atoms with Gasteiger partial charge in [-0.25, -0.2) is 0 Å². The monoisotopic (exact) mass is 132 g/mol. The Morgan fingerprint density at radius 2 is 2.11 bits per heavy atom. The van der Waals surface area contributed by atoms with E-state index in [0.717, 1.165) is 0 Å². The van der Waals surface area contributed by atoms with E-state index < -0.39 is 12.4 Å². The molecule has 1 aliphatic rings. The molecule has 0 saturated carbocycles. The Bertz CT molecular complexity index is 94.3. The van der Waals surface area contributed by atoms with Crippen molar-refractivity contribution in [3.05, 3.63) is 0 Å². The molecule has 3 atom stereocenters. The zero-order chi connectivity index (χ0) is 6.85. The molecule has 0 aromatic heterocycles. The van der Waals surface area contributed by atoms with Crippen LogP contribution in [0.1, 0.15) is 13.3 Å². The second kappa shape index (κ2) is 2.64. The summed E-state index contributed by atoms with van der Waals surface area (Å²) < 4.78 is 4.81. The molecule has 3 heteroatoms. The van der Waals surface area contributed by atoms with Crippen LogP contribution in [0.25, 0.3) is 0 Å². The normalized spacial score (nSPS) is 45.0. The summed E-state index contributed by atoms with van der Waals surface area (Å²) in [4.78, 5) is 0. The third-order valence-corrected chi connectivity index (χ3v) is 1.52. The standard InChI is InChI=1S/C6H12O3/c1-4-2-5(7)6(8)9-3-4/h4-8H,2-3H2,1H3/t4-,5+,6-/m0/s1. The molecule has 54 valence electrons. The van der Waals surface area contributed by atoms with Crippen LogP contribution in [0.4, 0.5) is 0 Å². The highest BCUT2D eigenvalue weighted by atomic mass is 16.6. The van der Waals surface area contributed by atoms with Crippen molar-refractivity contribution >= 4 is 0 Å². The summed E-state index contributed by atoms with van der Waals surface area (Å²) in [5.41, 5.74) is 0. The largest absolute Gasteiger partial charge is 0.388 e. The molecule has 0 radical (unpaired) electrons. The number of hydrogen-bond donors (Lipinski definition) is 2. The van der Waals surface area contributed by atoms with Crippen molar-refractivity contribution in [1.29, 1.82) is 0 Å². The van der Waals surface area contributed by atoms with Crippen LogP contribution in [0.2, 0.25) is 0 Å². The molecule has 1 rings (SSSR count). The van der Waals surface area contributed by atoms with Gasteiger partial charge in [0.15, 0.2) is 6.29 Å². The minimum atomic E-state index is -0.957. The van der Waals surface area contributed by atoms with Gasteiger partial charge < -0.3 is 14.9 Å². The second-order valence-corrected chi connectivity index (χ2v) is 2.63. The Hall–Kier alpha value is -0.120. The van der Waals surface area contributed by atoms with Crippen LogP contribution in [-0.2, 0) is 4.74 Å². The number of ether oxygens (including phenoxy) is 1. The van der Waals surface area contributed by atoms with E-state index in [1.54, 1.807) is 0 Å². The van der Waals surface area contributed by atoms with Crippen molar-refractivity contribution < 1.29 is 14.9 Å². The minimum Gasteiger partial charge on any atom is -0.388 e. The topological polar surface area (TPSA) is 49.7 Å². The fourth-order valence-corrected chi connectivity index (χ4v) is 0.971. The average Bonchev–Trinajstić information content (AvgIpc) is 1.80. The van der Waals surface area contributed by atoms with E-state index in [4.69, 9.17) is 14.9 Å². The Kier molecular flexibility index (Phi) is 2.05. The highest BCUT2D eigenvalue weighted by Crippen LogP contribution is 2.16. The van der Waals surface area contributed by atoms with Gasteiger partial charge in [0.2, 0.25) is 0 Å². The Morgan fingerprint density at radius 3 is 2.56 bits per heavy atom. The Morgan fingerprint density at radius 1 is 1.44 bits per heavy atom. The number of rotatable bonds is 0. The quantitative estimate of drug-likeness (QED) is 0.476. The molecule has 1 saturated heterocycles. The maximum absolute atomic E-state index is 8.97. The summed E-state index contributed by atoms with van der Waals surface area (Å²) in [6, 6.07) is 0. The maximum atomic E-state index is 8.97. The van der Waals surface area contributed by atoms with Gasteiger partial charge in [0, 0.05) is 0 Å². The van der Waals surface area contributed by atoms with E-state index in [9.17, 15) is 0 Å². The van der Waals surface area contributed by atoms with Gasteiger partial charge in [0.05, 0.1) is 6.61 Å². The van der Waals surface area contributed by atoms with E-state index in [0.29, 0.717) is 18.9 Å². The molecule has 0 aliphatic carbocycles. The second-order valence-electron chi connectivity index (χ2n) is 2.63. The smallest absolute Gasteiger partial charge is 0.180 e. The van der Waals surface area contributed by atoms with Crippen molar-refractivity contribution in [2.75, 3.05) is 6.61 Å². The lowest BCUT2D eigenvalue weighted by molar-refractivity contribution is -0.198. The van der Waals surface area contributed by atoms with Crippen molar-refractivity contribution in [3.63, 3.8) is 0 Å². The number of aliphatic hydroxyl groups is 2. The van der Waals surface area contributed by atoms with Crippen molar-refractivity contribution in [2.45, 2.75) is 25.7 Å². The molecule has 1 fully saturated rings. The van der Waals surface area contributed by atoms with Gasteiger partial charge in [0.1, 0.15) is 6.10 Å². The predicted molar refractivity (Wildman–Crippen MR) is 31.7 cm³/mol. The summed E-state index contributed by atoms with van der Waals surface area (Å²) in [6.07, 6.45) is -1.00. The maximum Gasteiger partial charge on any atom is 0.180 e. The average molecular weight is 132 g/mol. The molecule has 0 bridgehead atoms. The molecule has 0 unspecified atom stereocenters. The summed E-state index contributed by atoms with van der Waals surface area (Å²) >= 11 is 0. The molecule has 0 aromatic rings. The SMILES string of the molecule is C[C@@H]1CO[C@H](O)[C@H](O)C1. The molecule has 1 heterocycles. The zero-order valence-electron chi connectivity index (χ0n) is 5.45. The Balaban J connectivity index is 2.35. The molecule has 0 amide bonds. The van der Waals surface area contributed by atoms with Gasteiger partial charge in [-0.05, 0) is 12.3 Å². The Labute approximate surface area is 54.3 Å². The summed E-state index contributed by atoms with van der Waals surface area (Å²) in [5.74, 6) is 0.364. The lowest BCUT2D eigenvalue weighted by atomic mass is 10.0. The van der Waals surface area contributed by atoms with Gasteiger partial charge in [0.25, 0.3) is 0 Å². The lowest BCUT2D eigenvalue weighted by Gasteiger charge is -2.27. The predicted octanol–water partition coefficient (Wildman–Crippen LogP) is -0.278. The van der Waals surface area contributed by atoms with Crippen LogP contribution in [0.15, 0.2) is 0 Å². The lowest BCUT2D eigenvalue weighted by Crippen LogP contribution is -2.37. The van der Waals surface area contributed by atoms with Crippen LogP contribution >= 0.6 is 0 Å². The number of hydrogen-bond acceptors (Lipinski definition) is 3. The zero-order valence-corrected chi connectivity index (χ0v) is 5.45. The van der Waals surface area contributed by atoms with Crippen LogP contribution in [0, 0.1) is 5.92 Å². The third kappa shape index (κ3) is 1.64. The highest BCUT2D eigenvalue weighted by molar-refractivity contribution is 4.68. The first-order chi connectivity index (χ1) is 4.20. The van der Waals surface area contributed by atoms with Crippen LogP contribution in [0.3, 0.4) is 0 Å². The van der Waals surface area contributed by atoms with Gasteiger partial charge in [-0.2, -0.15) is 0 Å². The van der Waals surface area contributed by atoms with Crippen LogP contribution < -0.4 is 0 Å². The molecular weight excluding hydrogens is 120 g/mol. The van der Waals surface area contributed by atoms with E-state index in [1.807, 2.05) is 6.92 Å². The van der Waals surface area contributed by atoms with Crippen molar-refractivity contribution in [3.8, 4) is 0 Å². The van der Waals surface area contributed by atoms with Crippen LogP contribution in [0.5, 0.6) is 0 Å².